The van der Waals surface area contributed by atoms with Crippen LogP contribution in [0, 0.1) is 22.0 Å². The number of nitro benzene ring substituents is 1. The van der Waals surface area contributed by atoms with Gasteiger partial charge < -0.3 is 9.47 Å². The molecule has 11 nitrogen and oxygen atoms in total. The number of nitrogens with zero attached hydrogens (tertiary/aromatic N) is 4. The average molecular weight is 476 g/mol. The zero-order valence-corrected chi connectivity index (χ0v) is 18.7. The van der Waals surface area contributed by atoms with Crippen molar-refractivity contribution in [2.45, 2.75) is 12.1 Å². The quantitative estimate of drug-likeness (QED) is 0.268. The number of non-ortho nitro benzene ring substituents is 1. The average Bonchev–Trinajstić information content (AvgIpc) is 3.35. The maximum atomic E-state index is 13.7. The van der Waals surface area contributed by atoms with E-state index < -0.39 is 40.7 Å². The number of allylic oxidation sites excluding steroid dienone is 1. The molecule has 2 aromatic rings. The van der Waals surface area contributed by atoms with Crippen LogP contribution in [0.4, 0.5) is 11.4 Å². The summed E-state index contributed by atoms with van der Waals surface area (Å²) in [5, 5.41) is 16.8. The van der Waals surface area contributed by atoms with Crippen LogP contribution in [0.3, 0.4) is 0 Å². The number of rotatable bonds is 6. The smallest absolute Gasteiger partial charge is 0.269 e. The lowest BCUT2D eigenvalue weighted by atomic mass is 9.86. The normalized spacial score (nSPS) is 24.4. The van der Waals surface area contributed by atoms with Gasteiger partial charge in [-0.2, -0.15) is 5.10 Å². The number of hydrogen-bond acceptors (Lipinski definition) is 9. The molecule has 2 amide bonds. The lowest BCUT2D eigenvalue weighted by Gasteiger charge is -2.30. The number of imide groups is 1. The van der Waals surface area contributed by atoms with Gasteiger partial charge in [-0.05, 0) is 36.4 Å². The Morgan fingerprint density at radius 3 is 2.34 bits per heavy atom. The minimum Gasteiger partial charge on any atom is -0.493 e. The van der Waals surface area contributed by atoms with Crippen LogP contribution in [0.1, 0.15) is 10.4 Å². The number of ketones is 1. The van der Waals surface area contributed by atoms with E-state index >= 15 is 0 Å². The maximum Gasteiger partial charge on any atom is 0.269 e. The molecule has 0 radical (unpaired) electrons. The predicted molar refractivity (Wildman–Crippen MR) is 123 cm³/mol. The van der Waals surface area contributed by atoms with Crippen molar-refractivity contribution >= 4 is 35.2 Å². The molecular weight excluding hydrogens is 456 g/mol. The second-order valence-electron chi connectivity index (χ2n) is 8.24. The molecular formula is C24H20N4O7. The zero-order valence-electron chi connectivity index (χ0n) is 18.7. The molecule has 0 aliphatic carbocycles. The number of Topliss-reactive ketones (excluding diaryl/α,β-unsaturated/α-hetero) is 1. The number of methoxy groups -OCH3 is 2. The number of carbonyl (C=O) groups excluding carboxylic acids is 3. The summed E-state index contributed by atoms with van der Waals surface area (Å²) in [4.78, 5) is 52.3. The molecule has 5 rings (SSSR count). The molecule has 2 aromatic carbocycles. The van der Waals surface area contributed by atoms with Gasteiger partial charge in [0.15, 0.2) is 17.3 Å². The summed E-state index contributed by atoms with van der Waals surface area (Å²) in [6, 6.07) is 8.26. The summed E-state index contributed by atoms with van der Waals surface area (Å²) in [5.74, 6) is -2.43. The molecule has 35 heavy (non-hydrogen) atoms. The van der Waals surface area contributed by atoms with Gasteiger partial charge in [0.05, 0.1) is 42.7 Å². The summed E-state index contributed by atoms with van der Waals surface area (Å²) >= 11 is 0. The fourth-order valence-electron chi connectivity index (χ4n) is 4.98. The van der Waals surface area contributed by atoms with Gasteiger partial charge in [0.1, 0.15) is 6.04 Å². The van der Waals surface area contributed by atoms with Crippen molar-refractivity contribution in [3.8, 4) is 11.5 Å². The Labute approximate surface area is 199 Å². The number of ether oxygens (including phenoxy) is 2. The van der Waals surface area contributed by atoms with E-state index in [9.17, 15) is 24.5 Å². The third kappa shape index (κ3) is 3.35. The highest BCUT2D eigenvalue weighted by molar-refractivity contribution is 6.24. The minimum atomic E-state index is -1.02. The molecule has 11 heteroatoms. The van der Waals surface area contributed by atoms with Gasteiger partial charge >= 0.3 is 0 Å². The van der Waals surface area contributed by atoms with Crippen LogP contribution < -0.4 is 14.4 Å². The summed E-state index contributed by atoms with van der Waals surface area (Å²) in [7, 11) is 2.94. The van der Waals surface area contributed by atoms with Gasteiger partial charge in [-0.1, -0.05) is 6.08 Å². The summed E-state index contributed by atoms with van der Waals surface area (Å²) in [6.07, 6.45) is 4.93. The van der Waals surface area contributed by atoms with E-state index in [0.29, 0.717) is 11.5 Å². The first-order chi connectivity index (χ1) is 16.9. The van der Waals surface area contributed by atoms with Crippen molar-refractivity contribution in [2.24, 2.45) is 16.9 Å². The topological polar surface area (TPSA) is 132 Å². The van der Waals surface area contributed by atoms with Crippen molar-refractivity contribution in [1.82, 2.24) is 5.01 Å². The highest BCUT2D eigenvalue weighted by Crippen LogP contribution is 2.46. The number of carbonyl (C=O) groups is 3. The molecule has 2 fully saturated rings. The van der Waals surface area contributed by atoms with E-state index in [1.165, 1.54) is 55.8 Å². The largest absolute Gasteiger partial charge is 0.493 e. The molecule has 2 saturated heterocycles. The van der Waals surface area contributed by atoms with Crippen LogP contribution in [0.2, 0.25) is 0 Å². The third-order valence-electron chi connectivity index (χ3n) is 6.55. The molecule has 0 aromatic heterocycles. The Morgan fingerprint density at radius 2 is 1.69 bits per heavy atom. The fraction of sp³-hybridized carbons (Fsp3) is 0.250. The van der Waals surface area contributed by atoms with Crippen LogP contribution in [-0.4, -0.2) is 60.0 Å². The molecule has 0 spiro atoms. The Hall–Kier alpha value is -4.54. The summed E-state index contributed by atoms with van der Waals surface area (Å²) in [5.41, 5.74) is 0.336. The Kier molecular flexibility index (Phi) is 5.31. The number of hydrogen-bond donors (Lipinski definition) is 0. The molecule has 3 aliphatic heterocycles. The minimum absolute atomic E-state index is 0.162. The van der Waals surface area contributed by atoms with E-state index in [2.05, 4.69) is 5.10 Å². The van der Waals surface area contributed by atoms with E-state index in [-0.39, 0.29) is 22.7 Å². The van der Waals surface area contributed by atoms with Gasteiger partial charge in [0.2, 0.25) is 11.8 Å². The molecule has 178 valence electrons. The number of amides is 2. The molecule has 3 heterocycles. The van der Waals surface area contributed by atoms with Crippen molar-refractivity contribution in [3.63, 3.8) is 0 Å². The first-order valence-corrected chi connectivity index (χ1v) is 10.7. The Morgan fingerprint density at radius 1 is 1.00 bits per heavy atom. The van der Waals surface area contributed by atoms with Crippen molar-refractivity contribution in [3.05, 3.63) is 70.3 Å². The van der Waals surface area contributed by atoms with Gasteiger partial charge in [0.25, 0.3) is 5.69 Å². The van der Waals surface area contributed by atoms with Gasteiger partial charge in [-0.15, -0.1) is 0 Å². The Balaban J connectivity index is 1.54. The second kappa shape index (κ2) is 8.35. The molecule has 0 unspecified atom stereocenters. The molecule has 3 aliphatic rings. The number of hydrazone groups is 1. The van der Waals surface area contributed by atoms with Gasteiger partial charge in [-0.3, -0.25) is 29.5 Å². The van der Waals surface area contributed by atoms with Gasteiger partial charge in [-0.25, -0.2) is 4.90 Å². The van der Waals surface area contributed by atoms with Crippen LogP contribution in [0.5, 0.6) is 11.5 Å². The van der Waals surface area contributed by atoms with Gasteiger partial charge in [0, 0.05) is 23.9 Å². The molecule has 0 N–H and O–H groups in total. The molecule has 0 saturated carbocycles. The van der Waals surface area contributed by atoms with Crippen molar-refractivity contribution in [1.29, 1.82) is 0 Å². The van der Waals surface area contributed by atoms with E-state index in [0.717, 1.165) is 4.90 Å². The number of fused-ring (bicyclic) bond motifs is 3. The van der Waals surface area contributed by atoms with Crippen molar-refractivity contribution in [2.75, 3.05) is 19.1 Å². The van der Waals surface area contributed by atoms with Crippen LogP contribution >= 0.6 is 0 Å². The first kappa shape index (κ1) is 22.3. The second-order valence-corrected chi connectivity index (χ2v) is 8.24. The summed E-state index contributed by atoms with van der Waals surface area (Å²) in [6.45, 7) is 0. The zero-order chi connectivity index (χ0) is 24.9. The van der Waals surface area contributed by atoms with Crippen LogP contribution in [0.15, 0.2) is 59.7 Å². The number of nitro groups is 1. The maximum absolute atomic E-state index is 13.7. The van der Waals surface area contributed by atoms with Crippen LogP contribution in [0.25, 0.3) is 0 Å². The first-order valence-electron chi connectivity index (χ1n) is 10.7. The highest BCUT2D eigenvalue weighted by atomic mass is 16.6. The number of benzene rings is 2. The highest BCUT2D eigenvalue weighted by Gasteiger charge is 2.64. The van der Waals surface area contributed by atoms with E-state index in [1.807, 2.05) is 0 Å². The fourth-order valence-corrected chi connectivity index (χ4v) is 4.98. The lowest BCUT2D eigenvalue weighted by molar-refractivity contribution is -0.384. The third-order valence-corrected chi connectivity index (χ3v) is 6.55. The summed E-state index contributed by atoms with van der Waals surface area (Å²) < 4.78 is 10.6. The van der Waals surface area contributed by atoms with E-state index in [4.69, 9.17) is 9.47 Å². The molecule has 4 atom stereocenters. The standard InChI is InChI=1S/C24H20N4O7/c1-34-17-10-5-13(12-18(17)35-2)22(29)21-20-19(16-4-3-11-25-27(16)21)23(30)26(24(20)31)14-6-8-15(9-7-14)28(32)33/h3-12,16,19-21H,1-2H3/t16-,19+,20+,21-/m0/s1. The monoisotopic (exact) mass is 476 g/mol. The number of anilines is 1. The molecule has 0 bridgehead atoms. The Bertz CT molecular complexity index is 1300. The van der Waals surface area contributed by atoms with E-state index in [1.54, 1.807) is 24.3 Å². The van der Waals surface area contributed by atoms with Crippen LogP contribution in [-0.2, 0) is 9.59 Å². The lowest BCUT2D eigenvalue weighted by Crippen LogP contribution is -2.46. The van der Waals surface area contributed by atoms with Crippen molar-refractivity contribution < 1.29 is 28.8 Å². The SMILES string of the molecule is COc1ccc(C(=O)[C@@H]2[C@@H]3C(=O)N(c4ccc([N+](=O)[O-])cc4)C(=O)[C@@H]3[C@@H]3C=CC=NN23)cc1OC. The predicted octanol–water partition coefficient (Wildman–Crippen LogP) is 2.21.